The van der Waals surface area contributed by atoms with Crippen LogP contribution >= 0.6 is 0 Å². The van der Waals surface area contributed by atoms with Gasteiger partial charge in [0.1, 0.15) is 11.4 Å². The molecule has 0 radical (unpaired) electrons. The summed E-state index contributed by atoms with van der Waals surface area (Å²) < 4.78 is 5.38. The lowest BCUT2D eigenvalue weighted by molar-refractivity contribution is 0.0636. The fraction of sp³-hybridized carbons (Fsp3) is 0.280. The van der Waals surface area contributed by atoms with Gasteiger partial charge in [-0.2, -0.15) is 5.10 Å². The molecule has 166 valence electrons. The second-order valence-corrected chi connectivity index (χ2v) is 8.53. The lowest BCUT2D eigenvalue weighted by Gasteiger charge is -2.20. The van der Waals surface area contributed by atoms with E-state index in [4.69, 9.17) is 4.74 Å². The maximum Gasteiger partial charge on any atom is 0.412 e. The van der Waals surface area contributed by atoms with Gasteiger partial charge in [0.2, 0.25) is 0 Å². The molecule has 0 spiro atoms. The largest absolute Gasteiger partial charge is 0.444 e. The van der Waals surface area contributed by atoms with Crippen molar-refractivity contribution in [2.75, 3.05) is 10.7 Å². The molecule has 0 atom stereocenters. The zero-order valence-corrected chi connectivity index (χ0v) is 19.4. The number of aromatic nitrogens is 2. The van der Waals surface area contributed by atoms with Crippen molar-refractivity contribution >= 4 is 23.3 Å². The average Bonchev–Trinajstić information content (AvgIpc) is 2.71. The lowest BCUT2D eigenvalue weighted by Crippen LogP contribution is -2.27. The van der Waals surface area contributed by atoms with E-state index in [0.717, 1.165) is 16.8 Å². The van der Waals surface area contributed by atoms with Gasteiger partial charge in [0, 0.05) is 11.6 Å². The van der Waals surface area contributed by atoms with Gasteiger partial charge in [-0.3, -0.25) is 10.7 Å². The number of rotatable bonds is 5. The third kappa shape index (κ3) is 6.38. The van der Waals surface area contributed by atoms with E-state index in [9.17, 15) is 4.79 Å². The summed E-state index contributed by atoms with van der Waals surface area (Å²) in [4.78, 5) is 21.3. The van der Waals surface area contributed by atoms with Crippen LogP contribution in [0.3, 0.4) is 0 Å². The summed E-state index contributed by atoms with van der Waals surface area (Å²) in [6.45, 7) is 11.3. The maximum atomic E-state index is 12.3. The summed E-state index contributed by atoms with van der Waals surface area (Å²) in [7, 11) is 0. The Labute approximate surface area is 189 Å². The van der Waals surface area contributed by atoms with Crippen LogP contribution in [-0.4, -0.2) is 27.4 Å². The van der Waals surface area contributed by atoms with Crippen LogP contribution in [-0.2, 0) is 4.74 Å². The SMILES string of the molecule is CC(=NNc1cc(-c2ccccc2NC(=O)OC(C)(C)C)nc(C)n1)c1ccc(C)cc1. The Morgan fingerprint density at radius 1 is 1.00 bits per heavy atom. The van der Waals surface area contributed by atoms with E-state index in [-0.39, 0.29) is 0 Å². The van der Waals surface area contributed by atoms with Crippen LogP contribution in [0, 0.1) is 13.8 Å². The molecule has 2 aromatic carbocycles. The molecule has 32 heavy (non-hydrogen) atoms. The number of aryl methyl sites for hydroxylation is 2. The molecule has 2 N–H and O–H groups in total. The van der Waals surface area contributed by atoms with Gasteiger partial charge in [0.15, 0.2) is 5.82 Å². The monoisotopic (exact) mass is 431 g/mol. The van der Waals surface area contributed by atoms with E-state index in [1.807, 2.05) is 71.0 Å². The van der Waals surface area contributed by atoms with E-state index >= 15 is 0 Å². The Bertz CT molecular complexity index is 1130. The third-order valence-corrected chi connectivity index (χ3v) is 4.48. The van der Waals surface area contributed by atoms with Gasteiger partial charge in [-0.15, -0.1) is 0 Å². The quantitative estimate of drug-likeness (QED) is 0.385. The number of ether oxygens (including phenoxy) is 1. The highest BCUT2D eigenvalue weighted by molar-refractivity contribution is 5.99. The zero-order chi connectivity index (χ0) is 23.3. The minimum atomic E-state index is -0.588. The van der Waals surface area contributed by atoms with Crippen LogP contribution in [0.1, 0.15) is 44.6 Å². The molecule has 0 bridgehead atoms. The van der Waals surface area contributed by atoms with Crippen molar-refractivity contribution in [1.82, 2.24) is 9.97 Å². The summed E-state index contributed by atoms with van der Waals surface area (Å²) >= 11 is 0. The van der Waals surface area contributed by atoms with Crippen LogP contribution < -0.4 is 10.7 Å². The molecule has 3 aromatic rings. The number of hydrogen-bond acceptors (Lipinski definition) is 6. The standard InChI is InChI=1S/C25H29N5O2/c1-16-11-13-19(14-12-16)17(2)29-30-23-15-22(26-18(3)27-23)20-9-7-8-10-21(20)28-24(31)32-25(4,5)6/h7-15H,1-6H3,(H,28,31)(H,26,27,30). The van der Waals surface area contributed by atoms with Crippen LogP contribution in [0.25, 0.3) is 11.3 Å². The molecule has 3 rings (SSSR count). The van der Waals surface area contributed by atoms with Crippen molar-refractivity contribution in [1.29, 1.82) is 0 Å². The summed E-state index contributed by atoms with van der Waals surface area (Å²) in [5, 5.41) is 7.28. The number of carbonyl (C=O) groups excluding carboxylic acids is 1. The van der Waals surface area contributed by atoms with Crippen LogP contribution in [0.15, 0.2) is 59.7 Å². The minimum Gasteiger partial charge on any atom is -0.444 e. The number of hydrazone groups is 1. The zero-order valence-electron chi connectivity index (χ0n) is 19.4. The van der Waals surface area contributed by atoms with E-state index < -0.39 is 11.7 Å². The van der Waals surface area contributed by atoms with E-state index in [0.29, 0.717) is 23.0 Å². The highest BCUT2D eigenvalue weighted by Gasteiger charge is 2.18. The molecule has 0 fully saturated rings. The first-order chi connectivity index (χ1) is 15.1. The number of para-hydroxylation sites is 1. The molecule has 7 heteroatoms. The van der Waals surface area contributed by atoms with Gasteiger partial charge in [0.05, 0.1) is 17.1 Å². The highest BCUT2D eigenvalue weighted by Crippen LogP contribution is 2.28. The Hall–Kier alpha value is -3.74. The third-order valence-electron chi connectivity index (χ3n) is 4.48. The van der Waals surface area contributed by atoms with Crippen LogP contribution in [0.2, 0.25) is 0 Å². The Morgan fingerprint density at radius 3 is 2.38 bits per heavy atom. The second kappa shape index (κ2) is 9.60. The van der Waals surface area contributed by atoms with Crippen molar-refractivity contribution in [3.63, 3.8) is 0 Å². The smallest absolute Gasteiger partial charge is 0.412 e. The molecule has 1 amide bonds. The van der Waals surface area contributed by atoms with Gasteiger partial charge in [-0.05, 0) is 53.2 Å². The van der Waals surface area contributed by atoms with Crippen molar-refractivity contribution in [2.24, 2.45) is 5.10 Å². The molecule has 0 aliphatic carbocycles. The Morgan fingerprint density at radius 2 is 1.69 bits per heavy atom. The average molecular weight is 432 g/mol. The number of carbonyl (C=O) groups is 1. The number of benzene rings is 2. The first kappa shape index (κ1) is 22.9. The van der Waals surface area contributed by atoms with Gasteiger partial charge in [-0.25, -0.2) is 14.8 Å². The van der Waals surface area contributed by atoms with Crippen LogP contribution in [0.5, 0.6) is 0 Å². The molecule has 1 aromatic heterocycles. The second-order valence-electron chi connectivity index (χ2n) is 8.53. The Balaban J connectivity index is 1.85. The summed E-state index contributed by atoms with van der Waals surface area (Å²) in [6.07, 6.45) is -0.521. The number of nitrogens with zero attached hydrogens (tertiary/aromatic N) is 3. The predicted octanol–water partition coefficient (Wildman–Crippen LogP) is 5.94. The van der Waals surface area contributed by atoms with Crippen molar-refractivity contribution in [3.05, 3.63) is 71.5 Å². The molecule has 0 saturated carbocycles. The molecular formula is C25H29N5O2. The lowest BCUT2D eigenvalue weighted by atomic mass is 10.1. The first-order valence-electron chi connectivity index (χ1n) is 10.4. The number of amides is 1. The van der Waals surface area contributed by atoms with Crippen molar-refractivity contribution < 1.29 is 9.53 Å². The Kier molecular flexibility index (Phi) is 6.88. The fourth-order valence-corrected chi connectivity index (χ4v) is 2.99. The summed E-state index contributed by atoms with van der Waals surface area (Å²) in [5.74, 6) is 1.14. The maximum absolute atomic E-state index is 12.3. The fourth-order valence-electron chi connectivity index (χ4n) is 2.99. The van der Waals surface area contributed by atoms with E-state index in [2.05, 4.69) is 44.9 Å². The topological polar surface area (TPSA) is 88.5 Å². The highest BCUT2D eigenvalue weighted by atomic mass is 16.6. The summed E-state index contributed by atoms with van der Waals surface area (Å²) in [6, 6.07) is 17.4. The van der Waals surface area contributed by atoms with Gasteiger partial charge < -0.3 is 4.74 Å². The molecule has 7 nitrogen and oxygen atoms in total. The summed E-state index contributed by atoms with van der Waals surface area (Å²) in [5.41, 5.74) is 7.53. The minimum absolute atomic E-state index is 0.521. The molecule has 0 aliphatic heterocycles. The van der Waals surface area contributed by atoms with Gasteiger partial charge in [-0.1, -0.05) is 48.0 Å². The number of hydrogen-bond donors (Lipinski definition) is 2. The van der Waals surface area contributed by atoms with Crippen molar-refractivity contribution in [2.45, 2.75) is 47.1 Å². The molecule has 0 saturated heterocycles. The van der Waals surface area contributed by atoms with E-state index in [1.165, 1.54) is 5.56 Å². The number of anilines is 2. The number of nitrogens with one attached hydrogen (secondary N) is 2. The molecule has 0 unspecified atom stereocenters. The van der Waals surface area contributed by atoms with E-state index in [1.54, 1.807) is 6.07 Å². The molecule has 0 aliphatic rings. The van der Waals surface area contributed by atoms with Gasteiger partial charge in [0.25, 0.3) is 0 Å². The van der Waals surface area contributed by atoms with Crippen LogP contribution in [0.4, 0.5) is 16.3 Å². The normalized spacial score (nSPS) is 11.8. The first-order valence-corrected chi connectivity index (χ1v) is 10.4. The predicted molar refractivity (Wildman–Crippen MR) is 129 cm³/mol. The van der Waals surface area contributed by atoms with Crippen molar-refractivity contribution in [3.8, 4) is 11.3 Å². The molecule has 1 heterocycles. The van der Waals surface area contributed by atoms with Gasteiger partial charge >= 0.3 is 6.09 Å². The molecular weight excluding hydrogens is 402 g/mol.